The maximum atomic E-state index is 9.49. The third-order valence-corrected chi connectivity index (χ3v) is 2.93. The van der Waals surface area contributed by atoms with E-state index in [1.807, 2.05) is 18.2 Å². The lowest BCUT2D eigenvalue weighted by Gasteiger charge is -2.25. The number of aryl methyl sites for hydroxylation is 1. The summed E-state index contributed by atoms with van der Waals surface area (Å²) in [6.45, 7) is 0. The Labute approximate surface area is 77.0 Å². The van der Waals surface area contributed by atoms with Crippen LogP contribution in [0.1, 0.15) is 22.9 Å². The zero-order chi connectivity index (χ0) is 8.55. The summed E-state index contributed by atoms with van der Waals surface area (Å²) in [5.41, 5.74) is 2.38. The quantitative estimate of drug-likeness (QED) is 0.611. The van der Waals surface area contributed by atoms with Crippen LogP contribution in [0.5, 0.6) is 0 Å². The largest absolute Gasteiger partial charge is 0.391 e. The standard InChI is InChI=1S/C10H11ClO/c11-10-8-4-2-1-3-7(8)5-6-9(10)12/h1-4,9-10,12H,5-6H2/t9-,10+/m1/s1. The van der Waals surface area contributed by atoms with Gasteiger partial charge in [0.1, 0.15) is 0 Å². The van der Waals surface area contributed by atoms with Gasteiger partial charge in [-0.2, -0.15) is 0 Å². The monoisotopic (exact) mass is 182 g/mol. The van der Waals surface area contributed by atoms with Crippen LogP contribution >= 0.6 is 11.6 Å². The summed E-state index contributed by atoms with van der Waals surface area (Å²) in [6.07, 6.45) is 1.35. The van der Waals surface area contributed by atoms with E-state index in [0.29, 0.717) is 0 Å². The zero-order valence-corrected chi connectivity index (χ0v) is 7.46. The number of fused-ring (bicyclic) bond motifs is 1. The van der Waals surface area contributed by atoms with E-state index in [2.05, 4.69) is 6.07 Å². The highest BCUT2D eigenvalue weighted by molar-refractivity contribution is 6.21. The number of halogens is 1. The maximum Gasteiger partial charge on any atom is 0.0847 e. The van der Waals surface area contributed by atoms with Crippen molar-refractivity contribution < 1.29 is 5.11 Å². The molecule has 64 valence electrons. The second kappa shape index (κ2) is 3.08. The smallest absolute Gasteiger partial charge is 0.0847 e. The molecule has 0 spiro atoms. The SMILES string of the molecule is O[C@@H]1CCc2ccccc2[C@@H]1Cl. The molecule has 0 amide bonds. The van der Waals surface area contributed by atoms with Crippen LogP contribution in [0.15, 0.2) is 24.3 Å². The van der Waals surface area contributed by atoms with E-state index >= 15 is 0 Å². The second-order valence-corrected chi connectivity index (χ2v) is 3.68. The Hall–Kier alpha value is -0.530. The van der Waals surface area contributed by atoms with Crippen LogP contribution < -0.4 is 0 Å². The summed E-state index contributed by atoms with van der Waals surface area (Å²) in [5, 5.41) is 9.28. The Morgan fingerprint density at radius 1 is 1.33 bits per heavy atom. The molecular formula is C10H11ClO. The highest BCUT2D eigenvalue weighted by Crippen LogP contribution is 2.34. The van der Waals surface area contributed by atoms with E-state index in [1.54, 1.807) is 0 Å². The Morgan fingerprint density at radius 3 is 2.92 bits per heavy atom. The molecule has 1 N–H and O–H groups in total. The molecule has 0 heterocycles. The minimum Gasteiger partial charge on any atom is -0.391 e. The second-order valence-electron chi connectivity index (χ2n) is 3.21. The number of aliphatic hydroxyl groups is 1. The van der Waals surface area contributed by atoms with E-state index in [-0.39, 0.29) is 11.5 Å². The molecule has 1 aromatic carbocycles. The van der Waals surface area contributed by atoms with Gasteiger partial charge in [0.15, 0.2) is 0 Å². The van der Waals surface area contributed by atoms with Crippen molar-refractivity contribution in [3.05, 3.63) is 35.4 Å². The predicted molar refractivity (Wildman–Crippen MR) is 49.4 cm³/mol. The van der Waals surface area contributed by atoms with Gasteiger partial charge in [0.05, 0.1) is 11.5 Å². The van der Waals surface area contributed by atoms with Crippen molar-refractivity contribution in [3.8, 4) is 0 Å². The summed E-state index contributed by atoms with van der Waals surface area (Å²) in [6, 6.07) is 8.05. The normalized spacial score (nSPS) is 28.2. The molecule has 0 aliphatic heterocycles. The number of hydrogen-bond acceptors (Lipinski definition) is 1. The van der Waals surface area contributed by atoms with Crippen molar-refractivity contribution in [2.45, 2.75) is 24.3 Å². The fourth-order valence-electron chi connectivity index (χ4n) is 1.69. The third kappa shape index (κ3) is 1.23. The van der Waals surface area contributed by atoms with E-state index < -0.39 is 0 Å². The van der Waals surface area contributed by atoms with Gasteiger partial charge in [0.2, 0.25) is 0 Å². The highest BCUT2D eigenvalue weighted by atomic mass is 35.5. The predicted octanol–water partition coefficient (Wildman–Crippen LogP) is 2.27. The Morgan fingerprint density at radius 2 is 2.08 bits per heavy atom. The zero-order valence-electron chi connectivity index (χ0n) is 6.70. The van der Waals surface area contributed by atoms with Gasteiger partial charge in [-0.1, -0.05) is 24.3 Å². The van der Waals surface area contributed by atoms with E-state index in [0.717, 1.165) is 18.4 Å². The number of hydrogen-bond donors (Lipinski definition) is 1. The van der Waals surface area contributed by atoms with Crippen LogP contribution in [0, 0.1) is 0 Å². The molecule has 2 atom stereocenters. The summed E-state index contributed by atoms with van der Waals surface area (Å²) in [5.74, 6) is 0. The molecule has 0 bridgehead atoms. The molecule has 0 unspecified atom stereocenters. The topological polar surface area (TPSA) is 20.2 Å². The van der Waals surface area contributed by atoms with Crippen molar-refractivity contribution in [2.75, 3.05) is 0 Å². The first-order valence-electron chi connectivity index (χ1n) is 4.19. The molecule has 0 saturated heterocycles. The summed E-state index contributed by atoms with van der Waals surface area (Å²) < 4.78 is 0. The van der Waals surface area contributed by atoms with Gasteiger partial charge in [-0.15, -0.1) is 11.6 Å². The molecular weight excluding hydrogens is 172 g/mol. The van der Waals surface area contributed by atoms with Crippen LogP contribution in [-0.4, -0.2) is 11.2 Å². The fourth-order valence-corrected chi connectivity index (χ4v) is 2.03. The molecule has 12 heavy (non-hydrogen) atoms. The van der Waals surface area contributed by atoms with Crippen LogP contribution in [0.2, 0.25) is 0 Å². The molecule has 2 rings (SSSR count). The Kier molecular flexibility index (Phi) is 2.07. The first kappa shape index (κ1) is 8.09. The van der Waals surface area contributed by atoms with Gasteiger partial charge < -0.3 is 5.11 Å². The average Bonchev–Trinajstić information content (AvgIpc) is 2.12. The summed E-state index contributed by atoms with van der Waals surface area (Å²) >= 11 is 6.05. The molecule has 1 aliphatic carbocycles. The molecule has 1 aliphatic rings. The molecule has 1 aromatic rings. The third-order valence-electron chi connectivity index (χ3n) is 2.40. The Bertz CT molecular complexity index is 285. The Balaban J connectivity index is 2.42. The molecule has 0 fully saturated rings. The first-order chi connectivity index (χ1) is 5.79. The molecule has 1 nitrogen and oxygen atoms in total. The summed E-state index contributed by atoms with van der Waals surface area (Å²) in [7, 11) is 0. The number of aliphatic hydroxyl groups excluding tert-OH is 1. The van der Waals surface area contributed by atoms with E-state index in [9.17, 15) is 5.11 Å². The van der Waals surface area contributed by atoms with Crippen molar-refractivity contribution >= 4 is 11.6 Å². The van der Waals surface area contributed by atoms with Crippen molar-refractivity contribution in [2.24, 2.45) is 0 Å². The van der Waals surface area contributed by atoms with Crippen LogP contribution in [-0.2, 0) is 6.42 Å². The van der Waals surface area contributed by atoms with E-state index in [1.165, 1.54) is 5.56 Å². The summed E-state index contributed by atoms with van der Waals surface area (Å²) in [4.78, 5) is 0. The number of alkyl halides is 1. The average molecular weight is 183 g/mol. The number of benzene rings is 1. The molecule has 0 saturated carbocycles. The minimum absolute atomic E-state index is 0.213. The highest BCUT2D eigenvalue weighted by Gasteiger charge is 2.25. The van der Waals surface area contributed by atoms with Crippen molar-refractivity contribution in [3.63, 3.8) is 0 Å². The molecule has 0 aromatic heterocycles. The molecule has 2 heteroatoms. The van der Waals surface area contributed by atoms with Gasteiger partial charge in [-0.05, 0) is 24.0 Å². The van der Waals surface area contributed by atoms with Gasteiger partial charge in [0.25, 0.3) is 0 Å². The lowest BCUT2D eigenvalue weighted by molar-refractivity contribution is 0.153. The lowest BCUT2D eigenvalue weighted by Crippen LogP contribution is -2.21. The molecule has 0 radical (unpaired) electrons. The van der Waals surface area contributed by atoms with E-state index in [4.69, 9.17) is 11.6 Å². The first-order valence-corrected chi connectivity index (χ1v) is 4.62. The lowest BCUT2D eigenvalue weighted by atomic mass is 9.89. The van der Waals surface area contributed by atoms with Gasteiger partial charge in [-0.25, -0.2) is 0 Å². The number of rotatable bonds is 0. The van der Waals surface area contributed by atoms with Crippen molar-refractivity contribution in [1.29, 1.82) is 0 Å². The van der Waals surface area contributed by atoms with Crippen molar-refractivity contribution in [1.82, 2.24) is 0 Å². The van der Waals surface area contributed by atoms with Crippen LogP contribution in [0.4, 0.5) is 0 Å². The van der Waals surface area contributed by atoms with Gasteiger partial charge in [0, 0.05) is 0 Å². The fraction of sp³-hybridized carbons (Fsp3) is 0.400. The minimum atomic E-state index is -0.374. The van der Waals surface area contributed by atoms with Gasteiger partial charge >= 0.3 is 0 Å². The van der Waals surface area contributed by atoms with Crippen LogP contribution in [0.3, 0.4) is 0 Å². The van der Waals surface area contributed by atoms with Crippen LogP contribution in [0.25, 0.3) is 0 Å². The maximum absolute atomic E-state index is 9.49. The van der Waals surface area contributed by atoms with Gasteiger partial charge in [-0.3, -0.25) is 0 Å².